The van der Waals surface area contributed by atoms with Crippen molar-refractivity contribution in [1.82, 2.24) is 0 Å². The van der Waals surface area contributed by atoms with Crippen molar-refractivity contribution in [2.75, 3.05) is 7.11 Å². The fourth-order valence-corrected chi connectivity index (χ4v) is 2.67. The van der Waals surface area contributed by atoms with Gasteiger partial charge in [-0.3, -0.25) is 4.79 Å². The van der Waals surface area contributed by atoms with Crippen LogP contribution in [0.5, 0.6) is 23.0 Å². The van der Waals surface area contributed by atoms with E-state index in [9.17, 15) is 30.0 Å². The minimum atomic E-state index is -1.31. The Labute approximate surface area is 167 Å². The molecule has 0 spiro atoms. The minimum Gasteiger partial charge on any atom is -0.504 e. The largest absolute Gasteiger partial charge is 0.504 e. The molecule has 8 heteroatoms. The van der Waals surface area contributed by atoms with Gasteiger partial charge in [0, 0.05) is 6.08 Å². The molecular weight excluding hydrogens is 380 g/mol. The Morgan fingerprint density at radius 1 is 0.931 bits per heavy atom. The summed E-state index contributed by atoms with van der Waals surface area (Å²) >= 11 is 0. The third-order valence-corrected chi connectivity index (χ3v) is 4.31. The highest BCUT2D eigenvalue weighted by Gasteiger charge is 2.42. The number of phenols is 4. The van der Waals surface area contributed by atoms with Gasteiger partial charge in [0.25, 0.3) is 0 Å². The zero-order chi connectivity index (χ0) is 21.8. The van der Waals surface area contributed by atoms with E-state index in [0.717, 1.165) is 6.08 Å². The molecule has 2 aromatic rings. The summed E-state index contributed by atoms with van der Waals surface area (Å²) in [5.41, 5.74) is -0.596. The number of methoxy groups -OCH3 is 1. The molecule has 0 aromatic heterocycles. The van der Waals surface area contributed by atoms with Crippen molar-refractivity contribution in [3.8, 4) is 23.0 Å². The van der Waals surface area contributed by atoms with Crippen LogP contribution >= 0.6 is 0 Å². The average Bonchev–Trinajstić information content (AvgIpc) is 2.68. The number of carbonyl (C=O) groups is 2. The van der Waals surface area contributed by atoms with Crippen LogP contribution in [0.2, 0.25) is 0 Å². The zero-order valence-electron chi connectivity index (χ0n) is 16.1. The predicted molar refractivity (Wildman–Crippen MR) is 103 cm³/mol. The van der Waals surface area contributed by atoms with E-state index >= 15 is 0 Å². The highest BCUT2D eigenvalue weighted by Crippen LogP contribution is 2.40. The molecule has 4 N–H and O–H groups in total. The molecule has 0 heterocycles. The third-order valence-electron chi connectivity index (χ3n) is 4.31. The summed E-state index contributed by atoms with van der Waals surface area (Å²) in [5.74, 6) is -2.87. The van der Waals surface area contributed by atoms with E-state index in [-0.39, 0.29) is 22.8 Å². The van der Waals surface area contributed by atoms with Gasteiger partial charge in [0.05, 0.1) is 7.11 Å². The summed E-state index contributed by atoms with van der Waals surface area (Å²) in [7, 11) is 1.20. The lowest BCUT2D eigenvalue weighted by Crippen LogP contribution is -2.35. The van der Waals surface area contributed by atoms with Crippen molar-refractivity contribution < 1.29 is 39.5 Å². The van der Waals surface area contributed by atoms with Gasteiger partial charge in [-0.05, 0) is 55.3 Å². The Kier molecular flexibility index (Phi) is 6.38. The Morgan fingerprint density at radius 3 is 2.07 bits per heavy atom. The molecule has 0 fully saturated rings. The summed E-state index contributed by atoms with van der Waals surface area (Å²) in [4.78, 5) is 24.6. The van der Waals surface area contributed by atoms with Crippen LogP contribution in [0.25, 0.3) is 6.08 Å². The van der Waals surface area contributed by atoms with Crippen molar-refractivity contribution in [3.63, 3.8) is 0 Å². The van der Waals surface area contributed by atoms with E-state index in [4.69, 9.17) is 9.47 Å². The van der Waals surface area contributed by atoms with Crippen LogP contribution in [0.3, 0.4) is 0 Å². The van der Waals surface area contributed by atoms with Crippen LogP contribution in [0.15, 0.2) is 42.5 Å². The number of benzene rings is 2. The van der Waals surface area contributed by atoms with Crippen LogP contribution < -0.4 is 0 Å². The molecule has 2 aromatic carbocycles. The molecule has 1 unspecified atom stereocenters. The zero-order valence-corrected chi connectivity index (χ0v) is 16.1. The summed E-state index contributed by atoms with van der Waals surface area (Å²) in [6.45, 7) is 3.03. The van der Waals surface area contributed by atoms with Crippen LogP contribution in [0, 0.1) is 5.41 Å². The summed E-state index contributed by atoms with van der Waals surface area (Å²) in [6, 6.07) is 7.83. The standard InChI is InChI=1S/C21H22O8/c1-21(2,20(27)28-3)19(13-6-8-15(23)17(25)11-13)29-18(26)9-5-12-4-7-14(22)16(24)10-12/h4-11,19,22-25H,1-3H3/b9-5+. The molecule has 29 heavy (non-hydrogen) atoms. The van der Waals surface area contributed by atoms with Crippen molar-refractivity contribution in [1.29, 1.82) is 0 Å². The minimum absolute atomic E-state index is 0.278. The van der Waals surface area contributed by atoms with Crippen molar-refractivity contribution in [2.45, 2.75) is 20.0 Å². The number of hydrogen-bond acceptors (Lipinski definition) is 8. The lowest BCUT2D eigenvalue weighted by molar-refractivity contribution is -0.166. The van der Waals surface area contributed by atoms with Crippen LogP contribution in [0.4, 0.5) is 0 Å². The maximum absolute atomic E-state index is 12.4. The number of ether oxygens (including phenoxy) is 2. The number of esters is 2. The average molecular weight is 402 g/mol. The predicted octanol–water partition coefficient (Wildman–Crippen LogP) is 3.01. The van der Waals surface area contributed by atoms with Gasteiger partial charge < -0.3 is 29.9 Å². The Hall–Kier alpha value is -3.68. The quantitative estimate of drug-likeness (QED) is 0.329. The highest BCUT2D eigenvalue weighted by atomic mass is 16.6. The Morgan fingerprint density at radius 2 is 1.52 bits per heavy atom. The van der Waals surface area contributed by atoms with E-state index in [2.05, 4.69) is 0 Å². The van der Waals surface area contributed by atoms with E-state index in [1.807, 2.05) is 0 Å². The maximum atomic E-state index is 12.4. The highest BCUT2D eigenvalue weighted by molar-refractivity contribution is 5.88. The third kappa shape index (κ3) is 4.98. The second-order valence-corrected chi connectivity index (χ2v) is 6.86. The fourth-order valence-electron chi connectivity index (χ4n) is 2.67. The SMILES string of the molecule is COC(=O)C(C)(C)C(OC(=O)/C=C/c1ccc(O)c(O)c1)c1ccc(O)c(O)c1. The van der Waals surface area contributed by atoms with Gasteiger partial charge in [-0.25, -0.2) is 4.79 Å². The van der Waals surface area contributed by atoms with Crippen LogP contribution in [0.1, 0.15) is 31.1 Å². The molecule has 2 rings (SSSR count). The first kappa shape index (κ1) is 21.6. The first-order chi connectivity index (χ1) is 13.6. The van der Waals surface area contributed by atoms with Crippen LogP contribution in [-0.2, 0) is 19.1 Å². The Balaban J connectivity index is 2.32. The monoisotopic (exact) mass is 402 g/mol. The van der Waals surface area contributed by atoms with Crippen molar-refractivity contribution >= 4 is 18.0 Å². The summed E-state index contributed by atoms with van der Waals surface area (Å²) < 4.78 is 10.3. The topological polar surface area (TPSA) is 134 Å². The molecule has 0 aliphatic rings. The molecule has 154 valence electrons. The van der Waals surface area contributed by atoms with E-state index in [0.29, 0.717) is 5.56 Å². The molecular formula is C21H22O8. The lowest BCUT2D eigenvalue weighted by atomic mass is 9.82. The molecule has 1 atom stereocenters. The molecule has 0 saturated heterocycles. The van der Waals surface area contributed by atoms with Gasteiger partial charge >= 0.3 is 11.9 Å². The molecule has 0 aliphatic heterocycles. The Bertz CT molecular complexity index is 946. The van der Waals surface area contributed by atoms with E-state index < -0.39 is 29.2 Å². The number of aromatic hydroxyl groups is 4. The number of carbonyl (C=O) groups excluding carboxylic acids is 2. The van der Waals surface area contributed by atoms with Gasteiger partial charge in [0.1, 0.15) is 11.5 Å². The normalized spacial score (nSPS) is 12.5. The second-order valence-electron chi connectivity index (χ2n) is 6.86. The number of rotatable bonds is 6. The summed E-state index contributed by atoms with van der Waals surface area (Å²) in [6.07, 6.45) is 1.32. The van der Waals surface area contributed by atoms with Crippen molar-refractivity contribution in [2.24, 2.45) is 5.41 Å². The van der Waals surface area contributed by atoms with Gasteiger partial charge in [-0.1, -0.05) is 12.1 Å². The fraction of sp³-hybridized carbons (Fsp3) is 0.238. The van der Waals surface area contributed by atoms with E-state index in [1.54, 1.807) is 0 Å². The van der Waals surface area contributed by atoms with Crippen LogP contribution in [-0.4, -0.2) is 39.5 Å². The molecule has 0 radical (unpaired) electrons. The first-order valence-corrected chi connectivity index (χ1v) is 8.57. The van der Waals surface area contributed by atoms with Gasteiger partial charge in [-0.15, -0.1) is 0 Å². The van der Waals surface area contributed by atoms with Gasteiger partial charge in [-0.2, -0.15) is 0 Å². The summed E-state index contributed by atoms with van der Waals surface area (Å²) in [5, 5.41) is 38.1. The first-order valence-electron chi connectivity index (χ1n) is 8.57. The maximum Gasteiger partial charge on any atom is 0.331 e. The molecule has 0 bridgehead atoms. The molecule has 8 nitrogen and oxygen atoms in total. The molecule has 0 amide bonds. The van der Waals surface area contributed by atoms with Gasteiger partial charge in [0.15, 0.2) is 23.0 Å². The van der Waals surface area contributed by atoms with E-state index in [1.165, 1.54) is 63.4 Å². The van der Waals surface area contributed by atoms with Gasteiger partial charge in [0.2, 0.25) is 0 Å². The lowest BCUT2D eigenvalue weighted by Gasteiger charge is -2.31. The number of phenolic OH excluding ortho intramolecular Hbond substituents is 4. The number of hydrogen-bond donors (Lipinski definition) is 4. The van der Waals surface area contributed by atoms with Crippen molar-refractivity contribution in [3.05, 3.63) is 53.6 Å². The molecule has 0 saturated carbocycles. The molecule has 0 aliphatic carbocycles. The second kappa shape index (κ2) is 8.55. The smallest absolute Gasteiger partial charge is 0.331 e.